The maximum atomic E-state index is 12.2. The maximum Gasteiger partial charge on any atom is 0.329 e. The Morgan fingerprint density at radius 2 is 0.971 bits per heavy atom. The van der Waals surface area contributed by atoms with Crippen LogP contribution < -0.4 is 10.6 Å². The number of hydrogen-bond donors (Lipinski definition) is 2. The predicted octanol–water partition coefficient (Wildman–Crippen LogP) is 4.40. The molecule has 0 saturated carbocycles. The van der Waals surface area contributed by atoms with Gasteiger partial charge < -0.3 is 20.1 Å². The van der Waals surface area contributed by atoms with E-state index >= 15 is 0 Å². The zero-order valence-electron chi connectivity index (χ0n) is 21.3. The molecule has 10 heteroatoms. The summed E-state index contributed by atoms with van der Waals surface area (Å²) in [5.41, 5.74) is 0. The number of nitrogens with one attached hydrogen (secondary N) is 2. The molecule has 8 nitrogen and oxygen atoms in total. The first-order valence-corrected chi connectivity index (χ1v) is 14.9. The quantitative estimate of drug-likeness (QED) is 0.130. The average Bonchev–Trinajstić information content (AvgIpc) is 2.83. The van der Waals surface area contributed by atoms with Crippen LogP contribution in [0.1, 0.15) is 90.9 Å². The number of unbranched alkanes of at least 4 members (excludes halogenated alkanes) is 8. The van der Waals surface area contributed by atoms with E-state index in [0.29, 0.717) is 12.8 Å². The number of carbonyl (C=O) groups is 4. The minimum absolute atomic E-state index is 0.170. The first kappa shape index (κ1) is 32.6. The van der Waals surface area contributed by atoms with Gasteiger partial charge in [-0.25, -0.2) is 9.59 Å². The fourth-order valence-electron chi connectivity index (χ4n) is 3.17. The summed E-state index contributed by atoms with van der Waals surface area (Å²) in [5, 5.41) is 5.48. The van der Waals surface area contributed by atoms with E-state index in [4.69, 9.17) is 9.47 Å². The number of methoxy groups -OCH3 is 2. The number of hydrogen-bond acceptors (Lipinski definition) is 8. The summed E-state index contributed by atoms with van der Waals surface area (Å²) >= 11 is 0. The third-order valence-corrected chi connectivity index (χ3v) is 7.63. The molecule has 0 spiro atoms. The van der Waals surface area contributed by atoms with Crippen LogP contribution in [0.5, 0.6) is 0 Å². The standard InChI is InChI=1S/C24H44N2O6S2/c1-5-7-9-11-13-15-21(27)25-19(23(29)31-3)17-33-34-18-20(24(30)32-4)26-22(28)16-14-12-10-8-6-2/h19-20H,5-18H2,1-4H3,(H,25,27)(H,26,28)/t19-,20-/m0/s1. The Hall–Kier alpha value is -1.42. The van der Waals surface area contributed by atoms with Crippen LogP contribution in [0, 0.1) is 0 Å². The molecule has 2 N–H and O–H groups in total. The Morgan fingerprint density at radius 3 is 1.29 bits per heavy atom. The lowest BCUT2D eigenvalue weighted by Crippen LogP contribution is -2.44. The van der Waals surface area contributed by atoms with Crippen LogP contribution in [-0.4, -0.2) is 61.6 Å². The molecule has 0 aromatic carbocycles. The molecular formula is C24H44N2O6S2. The van der Waals surface area contributed by atoms with Crippen molar-refractivity contribution < 1.29 is 28.7 Å². The molecule has 2 atom stereocenters. The van der Waals surface area contributed by atoms with Gasteiger partial charge in [0.2, 0.25) is 11.8 Å². The van der Waals surface area contributed by atoms with Crippen LogP contribution in [0.2, 0.25) is 0 Å². The maximum absolute atomic E-state index is 12.2. The molecule has 0 aliphatic carbocycles. The lowest BCUT2D eigenvalue weighted by atomic mass is 10.1. The van der Waals surface area contributed by atoms with Crippen molar-refractivity contribution in [3.8, 4) is 0 Å². The summed E-state index contributed by atoms with van der Waals surface area (Å²) in [5.74, 6) is -0.773. The predicted molar refractivity (Wildman–Crippen MR) is 140 cm³/mol. The molecule has 0 aliphatic rings. The van der Waals surface area contributed by atoms with Gasteiger partial charge in [0.15, 0.2) is 0 Å². The van der Waals surface area contributed by atoms with Crippen molar-refractivity contribution in [2.24, 2.45) is 0 Å². The van der Waals surface area contributed by atoms with Gasteiger partial charge in [-0.15, -0.1) is 0 Å². The Kier molecular flexibility index (Phi) is 21.1. The van der Waals surface area contributed by atoms with E-state index in [2.05, 4.69) is 24.5 Å². The van der Waals surface area contributed by atoms with E-state index in [9.17, 15) is 19.2 Å². The van der Waals surface area contributed by atoms with Gasteiger partial charge in [0.25, 0.3) is 0 Å². The van der Waals surface area contributed by atoms with Gasteiger partial charge >= 0.3 is 11.9 Å². The second kappa shape index (κ2) is 22.1. The van der Waals surface area contributed by atoms with E-state index in [1.54, 1.807) is 0 Å². The van der Waals surface area contributed by atoms with Crippen LogP contribution in [0.4, 0.5) is 0 Å². The zero-order chi connectivity index (χ0) is 25.6. The monoisotopic (exact) mass is 520 g/mol. The molecule has 0 aromatic heterocycles. The summed E-state index contributed by atoms with van der Waals surface area (Å²) in [6.45, 7) is 4.28. The Labute approximate surface area is 213 Å². The SMILES string of the molecule is CCCCCCCC(=O)N[C@@H](CSSC[C@H](NC(=O)CCCCCCC)C(=O)OC)C(=O)OC. The summed E-state index contributed by atoms with van der Waals surface area (Å²) in [7, 11) is 5.24. The zero-order valence-corrected chi connectivity index (χ0v) is 23.0. The molecule has 0 aliphatic heterocycles. The van der Waals surface area contributed by atoms with Crippen LogP contribution in [0.25, 0.3) is 0 Å². The second-order valence-corrected chi connectivity index (χ2v) is 10.7. The second-order valence-electron chi connectivity index (χ2n) is 8.18. The van der Waals surface area contributed by atoms with Crippen molar-refractivity contribution in [3.63, 3.8) is 0 Å². The summed E-state index contributed by atoms with van der Waals surface area (Å²) < 4.78 is 9.62. The first-order chi connectivity index (χ1) is 16.4. The van der Waals surface area contributed by atoms with Crippen molar-refractivity contribution in [2.75, 3.05) is 25.7 Å². The van der Waals surface area contributed by atoms with Crippen molar-refractivity contribution in [2.45, 2.75) is 103 Å². The largest absolute Gasteiger partial charge is 0.467 e. The lowest BCUT2D eigenvalue weighted by Gasteiger charge is -2.18. The highest BCUT2D eigenvalue weighted by molar-refractivity contribution is 8.76. The van der Waals surface area contributed by atoms with Crippen molar-refractivity contribution in [1.29, 1.82) is 0 Å². The first-order valence-electron chi connectivity index (χ1n) is 12.4. The third-order valence-electron chi connectivity index (χ3n) is 5.21. The third kappa shape index (κ3) is 17.1. The average molecular weight is 521 g/mol. The van der Waals surface area contributed by atoms with Gasteiger partial charge in [-0.2, -0.15) is 0 Å². The Morgan fingerprint density at radius 1 is 0.618 bits per heavy atom. The molecule has 0 saturated heterocycles. The summed E-state index contributed by atoms with van der Waals surface area (Å²) in [6, 6.07) is -1.53. The molecule has 198 valence electrons. The minimum Gasteiger partial charge on any atom is -0.467 e. The number of rotatable bonds is 21. The number of carbonyl (C=O) groups excluding carboxylic acids is 4. The van der Waals surface area contributed by atoms with Gasteiger partial charge in [0.05, 0.1) is 14.2 Å². The topological polar surface area (TPSA) is 111 Å². The number of esters is 2. The van der Waals surface area contributed by atoms with Gasteiger partial charge in [0.1, 0.15) is 12.1 Å². The van der Waals surface area contributed by atoms with Crippen molar-refractivity contribution in [1.82, 2.24) is 10.6 Å². The summed E-state index contributed by atoms with van der Waals surface area (Å²) in [6.07, 6.45) is 11.1. The normalized spacial score (nSPS) is 12.5. The number of amides is 2. The van der Waals surface area contributed by atoms with E-state index < -0.39 is 24.0 Å². The smallest absolute Gasteiger partial charge is 0.329 e. The Balaban J connectivity index is 4.46. The highest BCUT2D eigenvalue weighted by atomic mass is 33.1. The Bertz CT molecular complexity index is 542. The molecule has 0 heterocycles. The fraction of sp³-hybridized carbons (Fsp3) is 0.833. The molecule has 2 amide bonds. The van der Waals surface area contributed by atoms with Gasteiger partial charge in [-0.1, -0.05) is 86.8 Å². The van der Waals surface area contributed by atoms with Crippen molar-refractivity contribution in [3.05, 3.63) is 0 Å². The highest BCUT2D eigenvalue weighted by Crippen LogP contribution is 2.24. The van der Waals surface area contributed by atoms with Gasteiger partial charge in [-0.3, -0.25) is 9.59 Å². The van der Waals surface area contributed by atoms with Gasteiger partial charge in [0, 0.05) is 24.3 Å². The van der Waals surface area contributed by atoms with Crippen LogP contribution >= 0.6 is 21.6 Å². The molecular weight excluding hydrogens is 476 g/mol. The van der Waals surface area contributed by atoms with E-state index in [-0.39, 0.29) is 23.3 Å². The number of ether oxygens (including phenoxy) is 2. The molecule has 0 radical (unpaired) electrons. The van der Waals surface area contributed by atoms with Crippen LogP contribution in [0.15, 0.2) is 0 Å². The van der Waals surface area contributed by atoms with Gasteiger partial charge in [-0.05, 0) is 12.8 Å². The fourth-order valence-corrected chi connectivity index (χ4v) is 5.46. The van der Waals surface area contributed by atoms with E-state index in [1.807, 2.05) is 0 Å². The lowest BCUT2D eigenvalue weighted by molar-refractivity contribution is -0.144. The molecule has 34 heavy (non-hydrogen) atoms. The minimum atomic E-state index is -0.764. The van der Waals surface area contributed by atoms with E-state index in [0.717, 1.165) is 64.2 Å². The van der Waals surface area contributed by atoms with Crippen molar-refractivity contribution >= 4 is 45.3 Å². The van der Waals surface area contributed by atoms with E-state index in [1.165, 1.54) is 35.8 Å². The van der Waals surface area contributed by atoms with Crippen LogP contribution in [0.3, 0.4) is 0 Å². The van der Waals surface area contributed by atoms with Crippen LogP contribution in [-0.2, 0) is 28.7 Å². The highest BCUT2D eigenvalue weighted by Gasteiger charge is 2.24. The molecule has 0 bridgehead atoms. The molecule has 0 rings (SSSR count). The molecule has 0 aromatic rings. The molecule has 0 fully saturated rings. The molecule has 0 unspecified atom stereocenters. The summed E-state index contributed by atoms with van der Waals surface area (Å²) in [4.78, 5) is 48.5.